The maximum atomic E-state index is 13.3. The molecule has 33 heavy (non-hydrogen) atoms. The van der Waals surface area contributed by atoms with E-state index < -0.39 is 11.7 Å². The van der Waals surface area contributed by atoms with Gasteiger partial charge in [-0.1, -0.05) is 42.5 Å². The third-order valence-electron chi connectivity index (χ3n) is 6.18. The van der Waals surface area contributed by atoms with Crippen molar-refractivity contribution in [1.29, 1.82) is 5.26 Å². The first-order chi connectivity index (χ1) is 15.8. The molecule has 0 unspecified atom stereocenters. The molecule has 0 atom stereocenters. The summed E-state index contributed by atoms with van der Waals surface area (Å²) in [6.07, 6.45) is -3.25. The van der Waals surface area contributed by atoms with E-state index in [1.807, 2.05) is 12.1 Å². The van der Waals surface area contributed by atoms with E-state index in [1.54, 1.807) is 6.07 Å². The Kier molecular flexibility index (Phi) is 6.66. The predicted octanol–water partition coefficient (Wildman–Crippen LogP) is 5.26. The van der Waals surface area contributed by atoms with Crippen LogP contribution in [0.2, 0.25) is 0 Å². The van der Waals surface area contributed by atoms with Crippen molar-refractivity contribution in [3.8, 4) is 6.07 Å². The first kappa shape index (κ1) is 22.8. The van der Waals surface area contributed by atoms with Crippen LogP contribution in [0.15, 0.2) is 60.7 Å². The Morgan fingerprint density at radius 2 is 1.76 bits per heavy atom. The lowest BCUT2D eigenvalue weighted by molar-refractivity contribution is -0.138. The minimum atomic E-state index is -4.58. The highest BCUT2D eigenvalue weighted by Crippen LogP contribution is 2.33. The van der Waals surface area contributed by atoms with Crippen LogP contribution in [0, 0.1) is 17.2 Å². The Hall–Kier alpha value is -3.37. The summed E-state index contributed by atoms with van der Waals surface area (Å²) < 4.78 is 40.0. The molecule has 0 radical (unpaired) electrons. The zero-order valence-electron chi connectivity index (χ0n) is 18.0. The Morgan fingerprint density at radius 1 is 1.03 bits per heavy atom. The largest absolute Gasteiger partial charge is 0.416 e. The zero-order chi connectivity index (χ0) is 23.4. The minimum Gasteiger partial charge on any atom is -0.352 e. The second-order valence-corrected chi connectivity index (χ2v) is 8.43. The highest BCUT2D eigenvalue weighted by atomic mass is 19.4. The van der Waals surface area contributed by atoms with Gasteiger partial charge in [-0.3, -0.25) is 9.69 Å². The van der Waals surface area contributed by atoms with Crippen LogP contribution in [-0.2, 0) is 24.1 Å². The molecule has 1 aliphatic rings. The van der Waals surface area contributed by atoms with Crippen LogP contribution >= 0.6 is 0 Å². The average molecular weight is 451 g/mol. The number of nitrogens with zero attached hydrogens (tertiary/aromatic N) is 2. The Balaban J connectivity index is 1.31. The molecule has 3 aromatic carbocycles. The molecule has 4 rings (SSSR count). The van der Waals surface area contributed by atoms with Crippen molar-refractivity contribution < 1.29 is 18.0 Å². The number of halogens is 3. The van der Waals surface area contributed by atoms with Gasteiger partial charge in [0, 0.05) is 19.0 Å². The maximum absolute atomic E-state index is 13.3. The third kappa shape index (κ3) is 5.52. The smallest absolute Gasteiger partial charge is 0.352 e. The maximum Gasteiger partial charge on any atom is 0.416 e. The quantitative estimate of drug-likeness (QED) is 0.576. The van der Waals surface area contributed by atoms with Crippen molar-refractivity contribution >= 4 is 16.7 Å². The summed E-state index contributed by atoms with van der Waals surface area (Å²) in [6, 6.07) is 19.8. The predicted molar refractivity (Wildman–Crippen MR) is 120 cm³/mol. The average Bonchev–Trinajstić information content (AvgIpc) is 2.82. The molecule has 0 aromatic heterocycles. The van der Waals surface area contributed by atoms with Crippen molar-refractivity contribution in [2.45, 2.75) is 32.1 Å². The van der Waals surface area contributed by atoms with Crippen LogP contribution in [0.5, 0.6) is 0 Å². The molecule has 170 valence electrons. The van der Waals surface area contributed by atoms with E-state index in [4.69, 9.17) is 5.26 Å². The SMILES string of the molecule is N#Cc1ccc(CNC(=O)C2CCN(Cc3ccc4ccccc4c3)CC2)c(C(F)(F)F)c1. The fraction of sp³-hybridized carbons (Fsp3) is 0.308. The van der Waals surface area contributed by atoms with Gasteiger partial charge >= 0.3 is 6.18 Å². The molecule has 1 N–H and O–H groups in total. The van der Waals surface area contributed by atoms with E-state index in [2.05, 4.69) is 40.5 Å². The normalized spacial score (nSPS) is 15.3. The molecule has 1 aliphatic heterocycles. The Morgan fingerprint density at radius 3 is 2.45 bits per heavy atom. The summed E-state index contributed by atoms with van der Waals surface area (Å²) in [5.41, 5.74) is 0.240. The number of piperidine rings is 1. The zero-order valence-corrected chi connectivity index (χ0v) is 18.0. The number of fused-ring (bicyclic) bond motifs is 1. The standard InChI is InChI=1S/C26H24F3N3O/c27-26(28,29)24-14-18(15-30)5-8-23(24)16-31-25(33)21-9-11-32(12-10-21)17-19-6-7-20-3-1-2-4-22(20)13-19/h1-8,13-14,21H,9-12,16-17H2,(H,31,33). The number of likely N-dealkylation sites (tertiary alicyclic amines) is 1. The van der Waals surface area contributed by atoms with E-state index in [0.29, 0.717) is 12.8 Å². The number of alkyl halides is 3. The van der Waals surface area contributed by atoms with Gasteiger partial charge in [-0.2, -0.15) is 18.4 Å². The fourth-order valence-electron chi connectivity index (χ4n) is 4.34. The van der Waals surface area contributed by atoms with Crippen molar-refractivity contribution in [3.63, 3.8) is 0 Å². The minimum absolute atomic E-state index is 0.0383. The summed E-state index contributed by atoms with van der Waals surface area (Å²) in [5.74, 6) is -0.441. The van der Waals surface area contributed by atoms with Crippen molar-refractivity contribution in [1.82, 2.24) is 10.2 Å². The van der Waals surface area contributed by atoms with E-state index in [9.17, 15) is 18.0 Å². The molecule has 0 spiro atoms. The van der Waals surface area contributed by atoms with E-state index >= 15 is 0 Å². The first-order valence-electron chi connectivity index (χ1n) is 10.9. The lowest BCUT2D eigenvalue weighted by atomic mass is 9.95. The number of benzene rings is 3. The lowest BCUT2D eigenvalue weighted by Gasteiger charge is -2.31. The second-order valence-electron chi connectivity index (χ2n) is 8.43. The molecule has 0 saturated carbocycles. The molecule has 1 heterocycles. The molecule has 4 nitrogen and oxygen atoms in total. The monoisotopic (exact) mass is 451 g/mol. The van der Waals surface area contributed by atoms with Gasteiger partial charge in [0.05, 0.1) is 17.2 Å². The van der Waals surface area contributed by atoms with E-state index in [-0.39, 0.29) is 29.5 Å². The van der Waals surface area contributed by atoms with Gasteiger partial charge in [-0.25, -0.2) is 0 Å². The molecule has 1 amide bonds. The number of carbonyl (C=O) groups is 1. The van der Waals surface area contributed by atoms with Crippen LogP contribution in [0.3, 0.4) is 0 Å². The molecular formula is C26H24F3N3O. The van der Waals surface area contributed by atoms with Crippen molar-refractivity contribution in [3.05, 3.63) is 82.9 Å². The summed E-state index contributed by atoms with van der Waals surface area (Å²) in [6.45, 7) is 2.11. The molecule has 7 heteroatoms. The van der Waals surface area contributed by atoms with Crippen LogP contribution < -0.4 is 5.32 Å². The van der Waals surface area contributed by atoms with Gasteiger partial charge in [-0.15, -0.1) is 0 Å². The van der Waals surface area contributed by atoms with E-state index in [1.165, 1.54) is 28.5 Å². The van der Waals surface area contributed by atoms with Gasteiger partial charge in [0.15, 0.2) is 0 Å². The molecule has 0 bridgehead atoms. The van der Waals surface area contributed by atoms with Gasteiger partial charge < -0.3 is 5.32 Å². The van der Waals surface area contributed by atoms with E-state index in [0.717, 1.165) is 25.7 Å². The van der Waals surface area contributed by atoms with Gasteiger partial charge in [-0.05, 0) is 66.0 Å². The van der Waals surface area contributed by atoms with Crippen LogP contribution in [0.1, 0.15) is 35.1 Å². The number of carbonyl (C=O) groups excluding carboxylic acids is 1. The van der Waals surface area contributed by atoms with Crippen LogP contribution in [0.25, 0.3) is 10.8 Å². The van der Waals surface area contributed by atoms with Crippen molar-refractivity contribution in [2.75, 3.05) is 13.1 Å². The number of hydrogen-bond acceptors (Lipinski definition) is 3. The summed E-state index contributed by atoms with van der Waals surface area (Å²) in [7, 11) is 0. The molecule has 1 saturated heterocycles. The number of amides is 1. The van der Waals surface area contributed by atoms with Crippen LogP contribution in [0.4, 0.5) is 13.2 Å². The molecule has 0 aliphatic carbocycles. The number of rotatable bonds is 5. The topological polar surface area (TPSA) is 56.1 Å². The summed E-state index contributed by atoms with van der Waals surface area (Å²) in [5, 5.41) is 13.9. The van der Waals surface area contributed by atoms with Gasteiger partial charge in [0.25, 0.3) is 0 Å². The molecule has 1 fully saturated rings. The lowest BCUT2D eigenvalue weighted by Crippen LogP contribution is -2.40. The van der Waals surface area contributed by atoms with Gasteiger partial charge in [0.2, 0.25) is 5.91 Å². The highest BCUT2D eigenvalue weighted by molar-refractivity contribution is 5.83. The van der Waals surface area contributed by atoms with Crippen molar-refractivity contribution in [2.24, 2.45) is 5.92 Å². The third-order valence-corrected chi connectivity index (χ3v) is 6.18. The highest BCUT2D eigenvalue weighted by Gasteiger charge is 2.34. The summed E-state index contributed by atoms with van der Waals surface area (Å²) >= 11 is 0. The van der Waals surface area contributed by atoms with Gasteiger partial charge in [0.1, 0.15) is 0 Å². The second kappa shape index (κ2) is 9.63. The number of nitriles is 1. The number of hydrogen-bond donors (Lipinski definition) is 1. The number of nitrogens with one attached hydrogen (secondary N) is 1. The fourth-order valence-corrected chi connectivity index (χ4v) is 4.34. The van der Waals surface area contributed by atoms with Crippen LogP contribution in [-0.4, -0.2) is 23.9 Å². The first-order valence-corrected chi connectivity index (χ1v) is 10.9. The molecular weight excluding hydrogens is 427 g/mol. The Bertz CT molecular complexity index is 1190. The molecule has 3 aromatic rings. The summed E-state index contributed by atoms with van der Waals surface area (Å²) in [4.78, 5) is 14.9. The Labute approximate surface area is 190 Å².